The molecule has 1 aliphatic heterocycles. The average molecular weight is 302 g/mol. The van der Waals surface area contributed by atoms with Crippen LogP contribution >= 0.6 is 0 Å². The molecule has 2 fully saturated rings. The van der Waals surface area contributed by atoms with E-state index in [4.69, 9.17) is 0 Å². The summed E-state index contributed by atoms with van der Waals surface area (Å²) in [5, 5.41) is 12.9. The van der Waals surface area contributed by atoms with Crippen molar-refractivity contribution in [2.75, 3.05) is 24.5 Å². The molecule has 118 valence electrons. The molecule has 0 spiro atoms. The molecule has 5 heteroatoms. The fraction of sp³-hybridized carbons (Fsp3) is 0.529. The van der Waals surface area contributed by atoms with Gasteiger partial charge in [0.25, 0.3) is 0 Å². The summed E-state index contributed by atoms with van der Waals surface area (Å²) < 4.78 is 0. The summed E-state index contributed by atoms with van der Waals surface area (Å²) in [7, 11) is 0. The van der Waals surface area contributed by atoms with Gasteiger partial charge in [0.1, 0.15) is 0 Å². The summed E-state index contributed by atoms with van der Waals surface area (Å²) in [5.41, 5.74) is 0.865. The van der Waals surface area contributed by atoms with Crippen LogP contribution in [0.25, 0.3) is 0 Å². The highest BCUT2D eigenvalue weighted by molar-refractivity contribution is 5.95. The number of amides is 1. The number of hydrogen-bond acceptors (Lipinski definition) is 3. The van der Waals surface area contributed by atoms with E-state index in [1.807, 2.05) is 24.3 Å². The van der Waals surface area contributed by atoms with Gasteiger partial charge < -0.3 is 15.3 Å². The van der Waals surface area contributed by atoms with Gasteiger partial charge in [0, 0.05) is 18.8 Å². The summed E-state index contributed by atoms with van der Waals surface area (Å²) in [5.74, 6) is -0.701. The minimum absolute atomic E-state index is 0.0384. The number of carboxylic acids is 1. The molecule has 1 aromatic rings. The Morgan fingerprint density at radius 1 is 1.23 bits per heavy atom. The highest BCUT2D eigenvalue weighted by atomic mass is 16.4. The monoisotopic (exact) mass is 302 g/mol. The lowest BCUT2D eigenvalue weighted by atomic mass is 9.69. The van der Waals surface area contributed by atoms with Crippen LogP contribution in [-0.2, 0) is 15.0 Å². The molecule has 0 radical (unpaired) electrons. The second kappa shape index (κ2) is 6.08. The first-order valence-electron chi connectivity index (χ1n) is 7.98. The molecule has 5 nitrogen and oxygen atoms in total. The van der Waals surface area contributed by atoms with Crippen molar-refractivity contribution in [3.63, 3.8) is 0 Å². The zero-order valence-corrected chi connectivity index (χ0v) is 12.7. The van der Waals surface area contributed by atoms with Crippen LogP contribution in [0.2, 0.25) is 0 Å². The average Bonchev–Trinajstić information content (AvgIpc) is 2.56. The Labute approximate surface area is 130 Å². The van der Waals surface area contributed by atoms with Crippen LogP contribution in [0.1, 0.15) is 37.7 Å². The predicted octanol–water partition coefficient (Wildman–Crippen LogP) is 1.91. The number of carbonyl (C=O) groups excluding carboxylic acids is 1. The second-order valence-corrected chi connectivity index (χ2v) is 6.22. The van der Waals surface area contributed by atoms with Crippen molar-refractivity contribution in [3.05, 3.63) is 29.8 Å². The van der Waals surface area contributed by atoms with Crippen LogP contribution in [0.15, 0.2) is 24.3 Å². The quantitative estimate of drug-likeness (QED) is 0.895. The SMILES string of the molecule is O=C1CNCCN1c1cccc(C2(C(=O)O)CCCCC2)c1. The third-order valence-corrected chi connectivity index (χ3v) is 4.92. The standard InChI is InChI=1S/C17H22N2O3/c20-15-12-18-9-10-19(15)14-6-4-5-13(11-14)17(16(21)22)7-2-1-3-8-17/h4-6,11,18H,1-3,7-10,12H2,(H,21,22). The maximum atomic E-state index is 12.0. The number of aliphatic carboxylic acids is 1. The van der Waals surface area contributed by atoms with E-state index in [0.29, 0.717) is 25.9 Å². The van der Waals surface area contributed by atoms with Crippen LogP contribution in [0.5, 0.6) is 0 Å². The number of carboxylic acid groups (broad SMARTS) is 1. The molecule has 1 saturated heterocycles. The summed E-state index contributed by atoms with van der Waals surface area (Å²) in [6, 6.07) is 7.57. The highest BCUT2D eigenvalue weighted by Crippen LogP contribution is 2.40. The fourth-order valence-corrected chi connectivity index (χ4v) is 3.63. The zero-order chi connectivity index (χ0) is 15.6. The first-order valence-corrected chi connectivity index (χ1v) is 7.98. The van der Waals surface area contributed by atoms with E-state index in [9.17, 15) is 14.7 Å². The van der Waals surface area contributed by atoms with E-state index < -0.39 is 11.4 Å². The van der Waals surface area contributed by atoms with E-state index >= 15 is 0 Å². The number of piperazine rings is 1. The molecule has 2 N–H and O–H groups in total. The van der Waals surface area contributed by atoms with Crippen LogP contribution in [-0.4, -0.2) is 36.6 Å². The van der Waals surface area contributed by atoms with Gasteiger partial charge in [-0.05, 0) is 30.5 Å². The van der Waals surface area contributed by atoms with Crippen molar-refractivity contribution < 1.29 is 14.7 Å². The molecule has 0 unspecified atom stereocenters. The lowest BCUT2D eigenvalue weighted by molar-refractivity contribution is -0.145. The molecule has 0 atom stereocenters. The van der Waals surface area contributed by atoms with Crippen LogP contribution in [0, 0.1) is 0 Å². The number of nitrogens with zero attached hydrogens (tertiary/aromatic N) is 1. The Bertz CT molecular complexity index is 579. The number of carbonyl (C=O) groups is 2. The van der Waals surface area contributed by atoms with Crippen molar-refractivity contribution in [1.82, 2.24) is 5.32 Å². The molecule has 22 heavy (non-hydrogen) atoms. The van der Waals surface area contributed by atoms with Crippen molar-refractivity contribution in [3.8, 4) is 0 Å². The molecule has 2 aliphatic rings. The Kier molecular flexibility index (Phi) is 4.16. The van der Waals surface area contributed by atoms with Gasteiger partial charge in [0.2, 0.25) is 5.91 Å². The predicted molar refractivity (Wildman–Crippen MR) is 84.1 cm³/mol. The second-order valence-electron chi connectivity index (χ2n) is 6.22. The van der Waals surface area contributed by atoms with Gasteiger partial charge >= 0.3 is 5.97 Å². The normalized spacial score (nSPS) is 21.6. The Morgan fingerprint density at radius 3 is 2.68 bits per heavy atom. The van der Waals surface area contributed by atoms with Crippen molar-refractivity contribution in [2.24, 2.45) is 0 Å². The molecule has 1 saturated carbocycles. The summed E-state index contributed by atoms with van der Waals surface area (Å²) in [4.78, 5) is 25.7. The van der Waals surface area contributed by atoms with Crippen LogP contribution < -0.4 is 10.2 Å². The third kappa shape index (κ3) is 2.61. The van der Waals surface area contributed by atoms with Gasteiger partial charge in [-0.15, -0.1) is 0 Å². The first-order chi connectivity index (χ1) is 10.6. The maximum Gasteiger partial charge on any atom is 0.314 e. The summed E-state index contributed by atoms with van der Waals surface area (Å²) in [6.07, 6.45) is 4.36. The number of benzene rings is 1. The van der Waals surface area contributed by atoms with E-state index in [2.05, 4.69) is 5.32 Å². The molecular formula is C17H22N2O3. The summed E-state index contributed by atoms with van der Waals surface area (Å²) in [6.45, 7) is 1.73. The number of anilines is 1. The Morgan fingerprint density at radius 2 is 2.00 bits per heavy atom. The third-order valence-electron chi connectivity index (χ3n) is 4.92. The largest absolute Gasteiger partial charge is 0.481 e. The molecule has 3 rings (SSSR count). The number of rotatable bonds is 3. The number of nitrogens with one attached hydrogen (secondary N) is 1. The first kappa shape index (κ1) is 15.0. The van der Waals surface area contributed by atoms with E-state index in [1.54, 1.807) is 4.90 Å². The van der Waals surface area contributed by atoms with E-state index in [0.717, 1.165) is 37.1 Å². The topological polar surface area (TPSA) is 69.6 Å². The number of hydrogen-bond donors (Lipinski definition) is 2. The Hall–Kier alpha value is -1.88. The van der Waals surface area contributed by atoms with Gasteiger partial charge in [-0.25, -0.2) is 0 Å². The van der Waals surface area contributed by atoms with Gasteiger partial charge in [-0.1, -0.05) is 31.4 Å². The van der Waals surface area contributed by atoms with Gasteiger partial charge in [0.05, 0.1) is 12.0 Å². The van der Waals surface area contributed by atoms with E-state index in [1.165, 1.54) is 0 Å². The zero-order valence-electron chi connectivity index (χ0n) is 12.7. The van der Waals surface area contributed by atoms with E-state index in [-0.39, 0.29) is 5.91 Å². The molecule has 1 amide bonds. The minimum atomic E-state index is -0.786. The molecule has 1 heterocycles. The lowest BCUT2D eigenvalue weighted by Gasteiger charge is -2.35. The maximum absolute atomic E-state index is 12.0. The van der Waals surface area contributed by atoms with Gasteiger partial charge in [-0.2, -0.15) is 0 Å². The molecular weight excluding hydrogens is 280 g/mol. The van der Waals surface area contributed by atoms with Crippen molar-refractivity contribution >= 4 is 17.6 Å². The lowest BCUT2D eigenvalue weighted by Crippen LogP contribution is -2.48. The van der Waals surface area contributed by atoms with Gasteiger partial charge in [-0.3, -0.25) is 9.59 Å². The fourth-order valence-electron chi connectivity index (χ4n) is 3.63. The highest BCUT2D eigenvalue weighted by Gasteiger charge is 2.41. The molecule has 1 aromatic carbocycles. The summed E-state index contributed by atoms with van der Waals surface area (Å²) >= 11 is 0. The van der Waals surface area contributed by atoms with Gasteiger partial charge in [0.15, 0.2) is 0 Å². The molecule has 0 bridgehead atoms. The minimum Gasteiger partial charge on any atom is -0.481 e. The molecule has 0 aromatic heterocycles. The smallest absolute Gasteiger partial charge is 0.314 e. The van der Waals surface area contributed by atoms with Crippen LogP contribution in [0.4, 0.5) is 5.69 Å². The van der Waals surface area contributed by atoms with Crippen molar-refractivity contribution in [2.45, 2.75) is 37.5 Å². The van der Waals surface area contributed by atoms with Crippen molar-refractivity contribution in [1.29, 1.82) is 0 Å². The molecule has 1 aliphatic carbocycles. The van der Waals surface area contributed by atoms with Crippen LogP contribution in [0.3, 0.4) is 0 Å². The Balaban J connectivity index is 1.95.